The number of rotatable bonds is 3. The van der Waals surface area contributed by atoms with Gasteiger partial charge in [-0.25, -0.2) is 8.42 Å². The molecular weight excluding hydrogens is 330 g/mol. The van der Waals surface area contributed by atoms with Crippen molar-refractivity contribution in [2.75, 3.05) is 10.5 Å². The van der Waals surface area contributed by atoms with Crippen LogP contribution in [0.2, 0.25) is 0 Å². The predicted octanol–water partition coefficient (Wildman–Crippen LogP) is 2.54. The van der Waals surface area contributed by atoms with Crippen LogP contribution in [0.15, 0.2) is 46.0 Å². The van der Waals surface area contributed by atoms with Gasteiger partial charge in [0.2, 0.25) is 0 Å². The van der Waals surface area contributed by atoms with Gasteiger partial charge in [0.1, 0.15) is 0 Å². The summed E-state index contributed by atoms with van der Waals surface area (Å²) in [6, 6.07) is 6.18. The summed E-state index contributed by atoms with van der Waals surface area (Å²) in [5, 5.41) is 0. The van der Waals surface area contributed by atoms with Crippen LogP contribution in [-0.2, 0) is 10.0 Å². The van der Waals surface area contributed by atoms with E-state index in [9.17, 15) is 8.42 Å². The van der Waals surface area contributed by atoms with Crippen LogP contribution in [0.5, 0.6) is 0 Å². The van der Waals surface area contributed by atoms with Gasteiger partial charge in [-0.15, -0.1) is 0 Å². The highest BCUT2D eigenvalue weighted by Gasteiger charge is 2.16. The van der Waals surface area contributed by atoms with Gasteiger partial charge in [-0.2, -0.15) is 0 Å². The molecular formula is C12H12BrN3O2S. The number of nitrogens with one attached hydrogen (secondary N) is 1. The average molecular weight is 342 g/mol. The van der Waals surface area contributed by atoms with Crippen LogP contribution in [0.1, 0.15) is 5.56 Å². The lowest BCUT2D eigenvalue weighted by Gasteiger charge is -2.10. The maximum Gasteiger partial charge on any atom is 0.261 e. The second kappa shape index (κ2) is 5.18. The Kier molecular flexibility index (Phi) is 3.77. The molecule has 0 saturated carbocycles. The van der Waals surface area contributed by atoms with Crippen molar-refractivity contribution < 1.29 is 8.42 Å². The fourth-order valence-corrected chi connectivity index (χ4v) is 3.12. The first kappa shape index (κ1) is 13.8. The number of halogens is 1. The molecule has 0 fully saturated rings. The van der Waals surface area contributed by atoms with Gasteiger partial charge in [0, 0.05) is 16.4 Å². The third kappa shape index (κ3) is 3.05. The van der Waals surface area contributed by atoms with Crippen molar-refractivity contribution in [3.8, 4) is 0 Å². The average Bonchev–Trinajstić information content (AvgIpc) is 2.35. The van der Waals surface area contributed by atoms with Crippen LogP contribution in [0, 0.1) is 6.92 Å². The van der Waals surface area contributed by atoms with Crippen molar-refractivity contribution in [2.45, 2.75) is 11.8 Å². The summed E-state index contributed by atoms with van der Waals surface area (Å²) in [5.74, 6) is 0. The van der Waals surface area contributed by atoms with Crippen LogP contribution < -0.4 is 10.5 Å². The maximum absolute atomic E-state index is 12.2. The summed E-state index contributed by atoms with van der Waals surface area (Å²) in [4.78, 5) is 4.03. The monoisotopic (exact) mass is 341 g/mol. The van der Waals surface area contributed by atoms with Crippen molar-refractivity contribution in [3.05, 3.63) is 46.7 Å². The Labute approximate surface area is 120 Å². The largest absolute Gasteiger partial charge is 0.398 e. The molecule has 0 aliphatic rings. The van der Waals surface area contributed by atoms with Gasteiger partial charge in [0.15, 0.2) is 0 Å². The van der Waals surface area contributed by atoms with Gasteiger partial charge in [-0.3, -0.25) is 9.71 Å². The van der Waals surface area contributed by atoms with Crippen molar-refractivity contribution in [1.82, 2.24) is 4.98 Å². The van der Waals surface area contributed by atoms with Crippen LogP contribution in [-0.4, -0.2) is 13.4 Å². The number of hydrogen-bond donors (Lipinski definition) is 2. The smallest absolute Gasteiger partial charge is 0.261 e. The minimum Gasteiger partial charge on any atom is -0.398 e. The van der Waals surface area contributed by atoms with Gasteiger partial charge >= 0.3 is 0 Å². The van der Waals surface area contributed by atoms with Gasteiger partial charge < -0.3 is 5.73 Å². The van der Waals surface area contributed by atoms with Crippen LogP contribution >= 0.6 is 15.9 Å². The molecule has 0 bridgehead atoms. The fraction of sp³-hybridized carbons (Fsp3) is 0.0833. The number of nitrogens with zero attached hydrogens (tertiary/aromatic N) is 1. The summed E-state index contributed by atoms with van der Waals surface area (Å²) in [6.45, 7) is 1.80. The van der Waals surface area contributed by atoms with E-state index in [4.69, 9.17) is 5.73 Å². The molecule has 0 saturated heterocycles. The van der Waals surface area contributed by atoms with Gasteiger partial charge in [0.25, 0.3) is 10.0 Å². The molecule has 2 rings (SSSR count). The number of nitrogens with two attached hydrogens (primary N) is 1. The molecule has 7 heteroatoms. The zero-order chi connectivity index (χ0) is 14.0. The van der Waals surface area contributed by atoms with E-state index in [-0.39, 0.29) is 4.90 Å². The Balaban J connectivity index is 2.38. The lowest BCUT2D eigenvalue weighted by Crippen LogP contribution is -2.14. The van der Waals surface area contributed by atoms with E-state index in [1.165, 1.54) is 24.4 Å². The van der Waals surface area contributed by atoms with Crippen molar-refractivity contribution in [2.24, 2.45) is 0 Å². The molecule has 3 N–H and O–H groups in total. The molecule has 1 aromatic heterocycles. The number of pyridine rings is 1. The Morgan fingerprint density at radius 1 is 1.32 bits per heavy atom. The first-order valence-corrected chi connectivity index (χ1v) is 7.66. The molecule has 100 valence electrons. The molecule has 0 spiro atoms. The minimum atomic E-state index is -3.65. The molecule has 0 radical (unpaired) electrons. The third-order valence-corrected chi connectivity index (χ3v) is 4.62. The van der Waals surface area contributed by atoms with Crippen LogP contribution in [0.3, 0.4) is 0 Å². The van der Waals surface area contributed by atoms with Gasteiger partial charge in [-0.1, -0.05) is 0 Å². The quantitative estimate of drug-likeness (QED) is 0.840. The maximum atomic E-state index is 12.2. The highest BCUT2D eigenvalue weighted by Crippen LogP contribution is 2.25. The van der Waals surface area contributed by atoms with Crippen molar-refractivity contribution >= 4 is 37.3 Å². The second-order valence-corrected chi connectivity index (χ2v) is 6.52. The van der Waals surface area contributed by atoms with Crippen LogP contribution in [0.4, 0.5) is 11.4 Å². The Morgan fingerprint density at radius 3 is 2.68 bits per heavy atom. The number of anilines is 2. The van der Waals surface area contributed by atoms with Gasteiger partial charge in [-0.05, 0) is 52.7 Å². The van der Waals surface area contributed by atoms with Crippen molar-refractivity contribution in [1.29, 1.82) is 0 Å². The zero-order valence-corrected chi connectivity index (χ0v) is 12.5. The molecule has 0 atom stereocenters. The first-order valence-electron chi connectivity index (χ1n) is 5.38. The third-order valence-electron chi connectivity index (χ3n) is 2.57. The topological polar surface area (TPSA) is 85.1 Å². The van der Waals surface area contributed by atoms with E-state index in [1.54, 1.807) is 19.2 Å². The molecule has 0 unspecified atom stereocenters. The molecule has 0 aliphatic carbocycles. The molecule has 1 heterocycles. The van der Waals surface area contributed by atoms with E-state index in [1.807, 2.05) is 0 Å². The molecule has 5 nitrogen and oxygen atoms in total. The van der Waals surface area contributed by atoms with E-state index in [2.05, 4.69) is 25.6 Å². The molecule has 0 amide bonds. The molecule has 1 aromatic carbocycles. The molecule has 19 heavy (non-hydrogen) atoms. The highest BCUT2D eigenvalue weighted by molar-refractivity contribution is 9.10. The number of aromatic nitrogens is 1. The van der Waals surface area contributed by atoms with Crippen molar-refractivity contribution in [3.63, 3.8) is 0 Å². The Hall–Kier alpha value is -1.60. The summed E-state index contributed by atoms with van der Waals surface area (Å²) in [7, 11) is -3.65. The summed E-state index contributed by atoms with van der Waals surface area (Å²) in [6.07, 6.45) is 3.08. The Morgan fingerprint density at radius 2 is 2.05 bits per heavy atom. The van der Waals surface area contributed by atoms with E-state index in [0.717, 1.165) is 5.56 Å². The highest BCUT2D eigenvalue weighted by atomic mass is 79.9. The predicted molar refractivity (Wildman–Crippen MR) is 78.3 cm³/mol. The lowest BCUT2D eigenvalue weighted by molar-refractivity contribution is 0.601. The molecule has 2 aromatic rings. The number of benzene rings is 1. The van der Waals surface area contributed by atoms with Crippen LogP contribution in [0.25, 0.3) is 0 Å². The normalized spacial score (nSPS) is 11.3. The minimum absolute atomic E-state index is 0.136. The summed E-state index contributed by atoms with van der Waals surface area (Å²) in [5.41, 5.74) is 7.37. The SMILES string of the molecule is Cc1ccncc1NS(=O)(=O)c1ccc(N)c(Br)c1. The number of nitrogen functional groups attached to an aromatic ring is 1. The number of hydrogen-bond acceptors (Lipinski definition) is 4. The number of aryl methyl sites for hydroxylation is 1. The molecule has 0 aliphatic heterocycles. The van der Waals surface area contributed by atoms with Gasteiger partial charge in [0.05, 0.1) is 16.8 Å². The number of sulfonamides is 1. The lowest BCUT2D eigenvalue weighted by atomic mass is 10.3. The fourth-order valence-electron chi connectivity index (χ4n) is 1.45. The summed E-state index contributed by atoms with van der Waals surface area (Å²) < 4.78 is 27.5. The van der Waals surface area contributed by atoms with E-state index in [0.29, 0.717) is 15.8 Å². The van der Waals surface area contributed by atoms with E-state index < -0.39 is 10.0 Å². The zero-order valence-electron chi connectivity index (χ0n) is 10.1. The first-order chi connectivity index (χ1) is 8.90. The summed E-state index contributed by atoms with van der Waals surface area (Å²) >= 11 is 3.21. The standard InChI is InChI=1S/C12H12BrN3O2S/c1-8-4-5-15-7-12(8)16-19(17,18)9-2-3-11(14)10(13)6-9/h2-7,16H,14H2,1H3. The van der Waals surface area contributed by atoms with E-state index >= 15 is 0 Å². The Bertz CT molecular complexity index is 717. The second-order valence-electron chi connectivity index (χ2n) is 3.98.